The van der Waals surface area contributed by atoms with Crippen LogP contribution < -0.4 is 4.74 Å². The van der Waals surface area contributed by atoms with E-state index in [1.54, 1.807) is 14.2 Å². The molecule has 30 heavy (non-hydrogen) atoms. The maximum Gasteiger partial charge on any atom is 0.258 e. The molecule has 1 aromatic heterocycles. The highest BCUT2D eigenvalue weighted by Crippen LogP contribution is 2.41. The molecule has 1 atom stereocenters. The second kappa shape index (κ2) is 9.43. The van der Waals surface area contributed by atoms with E-state index < -0.39 is 11.7 Å². The van der Waals surface area contributed by atoms with Crippen LogP contribution in [0.5, 0.6) is 5.75 Å². The minimum atomic E-state index is -0.546. The molecule has 1 aliphatic carbocycles. The Kier molecular flexibility index (Phi) is 6.67. The Bertz CT molecular complexity index is 815. The monoisotopic (exact) mass is 417 g/mol. The quantitative estimate of drug-likeness (QED) is 0.631. The van der Waals surface area contributed by atoms with Gasteiger partial charge in [-0.2, -0.15) is 4.98 Å². The van der Waals surface area contributed by atoms with E-state index >= 15 is 0 Å². The number of aliphatic hydroxyl groups excluding tert-OH is 1. The van der Waals surface area contributed by atoms with Crippen LogP contribution in [0.4, 0.5) is 0 Å². The van der Waals surface area contributed by atoms with E-state index in [4.69, 9.17) is 18.7 Å². The highest BCUT2D eigenvalue weighted by atomic mass is 16.5. The van der Waals surface area contributed by atoms with Crippen molar-refractivity contribution in [1.29, 1.82) is 0 Å². The number of hydrogen-bond donors (Lipinski definition) is 1. The van der Waals surface area contributed by atoms with Crippen molar-refractivity contribution in [3.05, 3.63) is 41.5 Å². The van der Waals surface area contributed by atoms with E-state index in [-0.39, 0.29) is 6.61 Å². The van der Waals surface area contributed by atoms with Crippen molar-refractivity contribution >= 4 is 0 Å². The minimum Gasteiger partial charge on any atom is -0.497 e. The first kappa shape index (κ1) is 21.2. The first-order valence-electron chi connectivity index (χ1n) is 10.6. The number of nitrogens with zero attached hydrogens (tertiary/aromatic N) is 3. The number of methoxy groups -OCH3 is 2. The highest BCUT2D eigenvalue weighted by Gasteiger charge is 2.42. The lowest BCUT2D eigenvalue weighted by Crippen LogP contribution is -2.46. The van der Waals surface area contributed by atoms with Gasteiger partial charge < -0.3 is 28.7 Å². The van der Waals surface area contributed by atoms with Gasteiger partial charge in [-0.15, -0.1) is 0 Å². The van der Waals surface area contributed by atoms with Crippen molar-refractivity contribution in [1.82, 2.24) is 15.0 Å². The third kappa shape index (κ3) is 5.00. The van der Waals surface area contributed by atoms with Gasteiger partial charge in [0.25, 0.3) is 5.89 Å². The van der Waals surface area contributed by atoms with Gasteiger partial charge in [0.05, 0.1) is 26.4 Å². The van der Waals surface area contributed by atoms with Crippen LogP contribution in [0, 0.1) is 0 Å². The summed E-state index contributed by atoms with van der Waals surface area (Å²) in [6, 6.07) is 7.75. The second-order valence-electron chi connectivity index (χ2n) is 8.25. The molecule has 2 heterocycles. The zero-order chi connectivity index (χ0) is 21.0. The number of aromatic nitrogens is 2. The summed E-state index contributed by atoms with van der Waals surface area (Å²) in [4.78, 5) is 6.84. The molecule has 0 spiro atoms. The van der Waals surface area contributed by atoms with E-state index in [2.05, 4.69) is 15.0 Å². The summed E-state index contributed by atoms with van der Waals surface area (Å²) in [5.74, 6) is 2.67. The van der Waals surface area contributed by atoms with E-state index in [0.29, 0.717) is 25.0 Å². The SMILES string of the molecule is COc1cccc(COC[C@H](O)CN2CCC(OC)(c3nc(C4CC4)no3)CC2)c1. The molecule has 1 aromatic carbocycles. The average molecular weight is 418 g/mol. The van der Waals surface area contributed by atoms with Crippen LogP contribution >= 0.6 is 0 Å². The molecule has 8 heteroatoms. The van der Waals surface area contributed by atoms with Crippen molar-refractivity contribution in [2.45, 2.75) is 49.9 Å². The Hall–Kier alpha value is -2.00. The topological polar surface area (TPSA) is 90.1 Å². The Labute approximate surface area is 177 Å². The number of rotatable bonds is 10. The smallest absolute Gasteiger partial charge is 0.258 e. The Morgan fingerprint density at radius 1 is 1.27 bits per heavy atom. The standard InChI is InChI=1S/C22H31N3O5/c1-27-19-5-3-4-16(12-19)14-29-15-18(26)13-25-10-8-22(28-2,9-11-25)21-23-20(24-30-21)17-6-7-17/h3-5,12,17-18,26H,6-11,13-15H2,1-2H3/t18-/m1/s1. The van der Waals surface area contributed by atoms with Crippen molar-refractivity contribution < 1.29 is 23.8 Å². The van der Waals surface area contributed by atoms with Gasteiger partial charge in [-0.25, -0.2) is 0 Å². The van der Waals surface area contributed by atoms with Crippen molar-refractivity contribution in [2.75, 3.05) is 40.5 Å². The van der Waals surface area contributed by atoms with Crippen molar-refractivity contribution in [3.8, 4) is 5.75 Å². The number of ether oxygens (including phenoxy) is 3. The lowest BCUT2D eigenvalue weighted by atomic mass is 9.90. The van der Waals surface area contributed by atoms with Crippen LogP contribution in [-0.4, -0.2) is 66.7 Å². The molecule has 1 N–H and O–H groups in total. The van der Waals surface area contributed by atoms with E-state index in [9.17, 15) is 5.11 Å². The van der Waals surface area contributed by atoms with Crippen LogP contribution in [0.3, 0.4) is 0 Å². The molecule has 1 aliphatic heterocycles. The van der Waals surface area contributed by atoms with Gasteiger partial charge >= 0.3 is 0 Å². The van der Waals surface area contributed by atoms with Crippen molar-refractivity contribution in [3.63, 3.8) is 0 Å². The summed E-state index contributed by atoms with van der Waals surface area (Å²) in [5, 5.41) is 14.5. The van der Waals surface area contributed by atoms with Gasteiger partial charge in [0.15, 0.2) is 5.82 Å². The number of hydrogen-bond acceptors (Lipinski definition) is 8. The zero-order valence-electron chi connectivity index (χ0n) is 17.7. The summed E-state index contributed by atoms with van der Waals surface area (Å²) in [5.41, 5.74) is 0.499. The maximum absolute atomic E-state index is 10.4. The normalized spacial score (nSPS) is 20.2. The lowest BCUT2D eigenvalue weighted by Gasteiger charge is -2.38. The molecular formula is C22H31N3O5. The number of piperidine rings is 1. The largest absolute Gasteiger partial charge is 0.497 e. The van der Waals surface area contributed by atoms with Gasteiger partial charge in [0, 0.05) is 32.7 Å². The molecule has 8 nitrogen and oxygen atoms in total. The highest BCUT2D eigenvalue weighted by molar-refractivity contribution is 5.27. The molecule has 2 aliphatic rings. The summed E-state index contributed by atoms with van der Waals surface area (Å²) in [7, 11) is 3.35. The lowest BCUT2D eigenvalue weighted by molar-refractivity contribution is -0.0892. The molecule has 0 bridgehead atoms. The molecular weight excluding hydrogens is 386 g/mol. The molecule has 0 radical (unpaired) electrons. The van der Waals surface area contributed by atoms with Gasteiger partial charge in [0.1, 0.15) is 11.4 Å². The Morgan fingerprint density at radius 3 is 2.77 bits per heavy atom. The first-order valence-corrected chi connectivity index (χ1v) is 10.6. The molecule has 4 rings (SSSR count). The van der Waals surface area contributed by atoms with Gasteiger partial charge in [-0.3, -0.25) is 0 Å². The number of β-amino-alcohol motifs (C(OH)–C–C–N with tert-alkyl or cyclic N) is 1. The fraction of sp³-hybridized carbons (Fsp3) is 0.636. The van der Waals surface area contributed by atoms with Crippen LogP contribution in [0.2, 0.25) is 0 Å². The van der Waals surface area contributed by atoms with Crippen molar-refractivity contribution in [2.24, 2.45) is 0 Å². The predicted octanol–water partition coefficient (Wildman–Crippen LogP) is 2.47. The molecule has 2 fully saturated rings. The third-order valence-corrected chi connectivity index (χ3v) is 6.01. The van der Waals surface area contributed by atoms with Crippen LogP contribution in [0.25, 0.3) is 0 Å². The summed E-state index contributed by atoms with van der Waals surface area (Å²) in [6.45, 7) is 2.89. The number of likely N-dealkylation sites (tertiary alicyclic amines) is 1. The molecule has 0 unspecified atom stereocenters. The van der Waals surface area contributed by atoms with Gasteiger partial charge in [0.2, 0.25) is 0 Å². The number of aliphatic hydroxyl groups is 1. The number of benzene rings is 1. The molecule has 2 aromatic rings. The minimum absolute atomic E-state index is 0.289. The van der Waals surface area contributed by atoms with Crippen LogP contribution in [0.15, 0.2) is 28.8 Å². The van der Waals surface area contributed by atoms with E-state index in [1.165, 1.54) is 0 Å². The Balaban J connectivity index is 1.22. The predicted molar refractivity (Wildman–Crippen MR) is 109 cm³/mol. The van der Waals surface area contributed by atoms with E-state index in [1.807, 2.05) is 24.3 Å². The second-order valence-corrected chi connectivity index (χ2v) is 8.25. The summed E-state index contributed by atoms with van der Waals surface area (Å²) >= 11 is 0. The fourth-order valence-corrected chi connectivity index (χ4v) is 3.96. The average Bonchev–Trinajstić information content (AvgIpc) is 3.51. The molecule has 1 saturated carbocycles. The first-order chi connectivity index (χ1) is 14.6. The molecule has 1 saturated heterocycles. The molecule has 0 amide bonds. The van der Waals surface area contributed by atoms with E-state index in [0.717, 1.165) is 55.9 Å². The fourth-order valence-electron chi connectivity index (χ4n) is 3.96. The maximum atomic E-state index is 10.4. The van der Waals surface area contributed by atoms with Gasteiger partial charge in [-0.05, 0) is 43.4 Å². The summed E-state index contributed by atoms with van der Waals surface area (Å²) in [6.07, 6.45) is 3.26. The molecule has 164 valence electrons. The zero-order valence-corrected chi connectivity index (χ0v) is 17.7. The van der Waals surface area contributed by atoms with Crippen LogP contribution in [-0.2, 0) is 21.7 Å². The Morgan fingerprint density at radius 2 is 2.07 bits per heavy atom. The van der Waals surface area contributed by atoms with Crippen LogP contribution in [0.1, 0.15) is 48.9 Å². The summed E-state index contributed by atoms with van der Waals surface area (Å²) < 4.78 is 22.3. The third-order valence-electron chi connectivity index (χ3n) is 6.01. The van der Waals surface area contributed by atoms with Gasteiger partial charge in [-0.1, -0.05) is 17.3 Å².